The van der Waals surface area contributed by atoms with E-state index < -0.39 is 0 Å². The van der Waals surface area contributed by atoms with E-state index in [2.05, 4.69) is 30.6 Å². The van der Waals surface area contributed by atoms with Crippen molar-refractivity contribution in [2.24, 2.45) is 10.2 Å². The number of H-pyrrole nitrogens is 1. The van der Waals surface area contributed by atoms with Gasteiger partial charge in [0.25, 0.3) is 0 Å². The zero-order chi connectivity index (χ0) is 12.7. The van der Waals surface area contributed by atoms with Crippen LogP contribution in [0.2, 0.25) is 0 Å². The lowest BCUT2D eigenvalue weighted by molar-refractivity contribution is 0.399. The predicted molar refractivity (Wildman–Crippen MR) is 62.2 cm³/mol. The molecule has 0 atom stereocenters. The van der Waals surface area contributed by atoms with E-state index in [1.165, 1.54) is 0 Å². The number of aryl methyl sites for hydroxylation is 3. The Balaban J connectivity index is 2.03. The first-order valence-electron chi connectivity index (χ1n) is 5.40. The normalized spacial score (nSPS) is 11.9. The number of nitrogens with one attached hydrogen (secondary N) is 1. The largest absolute Gasteiger partial charge is 0.359 e. The minimum atomic E-state index is 0.433. The van der Waals surface area contributed by atoms with E-state index in [9.17, 15) is 0 Å². The molecule has 0 amide bonds. The van der Waals surface area contributed by atoms with Crippen LogP contribution in [0.1, 0.15) is 17.3 Å². The SMILES string of the molecule is Cc1nc2c(N=Nc3cc(C)on3)c(C)[nH]n2n1. The number of rotatable bonds is 2. The first-order valence-corrected chi connectivity index (χ1v) is 5.40. The summed E-state index contributed by atoms with van der Waals surface area (Å²) in [6, 6.07) is 1.71. The van der Waals surface area contributed by atoms with Gasteiger partial charge in [0.1, 0.15) is 11.6 Å². The van der Waals surface area contributed by atoms with Gasteiger partial charge in [-0.3, -0.25) is 5.10 Å². The fourth-order valence-electron chi connectivity index (χ4n) is 1.65. The summed E-state index contributed by atoms with van der Waals surface area (Å²) >= 11 is 0. The quantitative estimate of drug-likeness (QED) is 0.701. The van der Waals surface area contributed by atoms with Crippen molar-refractivity contribution in [1.29, 1.82) is 0 Å². The average molecular weight is 245 g/mol. The molecule has 0 aliphatic carbocycles. The summed E-state index contributed by atoms with van der Waals surface area (Å²) in [6.45, 7) is 5.50. The maximum Gasteiger partial charge on any atom is 0.216 e. The summed E-state index contributed by atoms with van der Waals surface area (Å²) in [7, 11) is 0. The molecule has 0 bridgehead atoms. The van der Waals surface area contributed by atoms with Crippen LogP contribution in [0.5, 0.6) is 0 Å². The number of aromatic amines is 1. The standard InChI is InChI=1S/C10H11N7O/c1-5-4-8(16-18-5)12-13-9-6(2)14-17-10(9)11-7(3)15-17/h4,14H,1-3H3. The fourth-order valence-corrected chi connectivity index (χ4v) is 1.65. The maximum atomic E-state index is 4.91. The highest BCUT2D eigenvalue weighted by molar-refractivity contribution is 5.65. The van der Waals surface area contributed by atoms with Crippen LogP contribution in [0.3, 0.4) is 0 Å². The van der Waals surface area contributed by atoms with Crippen LogP contribution in [-0.2, 0) is 0 Å². The highest BCUT2D eigenvalue weighted by Crippen LogP contribution is 2.25. The molecule has 18 heavy (non-hydrogen) atoms. The molecule has 92 valence electrons. The van der Waals surface area contributed by atoms with Crippen LogP contribution in [0.15, 0.2) is 20.8 Å². The monoisotopic (exact) mass is 245 g/mol. The van der Waals surface area contributed by atoms with E-state index in [1.54, 1.807) is 17.6 Å². The number of hydrogen-bond acceptors (Lipinski definition) is 6. The van der Waals surface area contributed by atoms with Crippen LogP contribution < -0.4 is 0 Å². The number of hydrogen-bond donors (Lipinski definition) is 1. The summed E-state index contributed by atoms with van der Waals surface area (Å²) in [5.41, 5.74) is 2.14. The number of aromatic nitrogens is 5. The Labute approximate surface area is 102 Å². The Kier molecular flexibility index (Phi) is 2.22. The molecular formula is C10H11N7O. The molecule has 3 rings (SSSR count). The van der Waals surface area contributed by atoms with Gasteiger partial charge in [0.2, 0.25) is 11.5 Å². The molecule has 0 aromatic carbocycles. The third kappa shape index (κ3) is 1.67. The van der Waals surface area contributed by atoms with Gasteiger partial charge in [-0.15, -0.1) is 15.3 Å². The van der Waals surface area contributed by atoms with Crippen LogP contribution in [0.4, 0.5) is 11.5 Å². The maximum absolute atomic E-state index is 4.91. The lowest BCUT2D eigenvalue weighted by Crippen LogP contribution is -1.86. The molecule has 0 saturated carbocycles. The number of azo groups is 1. The molecule has 0 aliphatic rings. The molecule has 8 heteroatoms. The molecule has 0 spiro atoms. The van der Waals surface area contributed by atoms with Crippen LogP contribution >= 0.6 is 0 Å². The fraction of sp³-hybridized carbons (Fsp3) is 0.300. The van der Waals surface area contributed by atoms with E-state index in [4.69, 9.17) is 4.52 Å². The highest BCUT2D eigenvalue weighted by atomic mass is 16.5. The smallest absolute Gasteiger partial charge is 0.216 e. The van der Waals surface area contributed by atoms with Crippen molar-refractivity contribution in [2.45, 2.75) is 20.8 Å². The van der Waals surface area contributed by atoms with Crippen molar-refractivity contribution in [2.75, 3.05) is 0 Å². The van der Waals surface area contributed by atoms with E-state index >= 15 is 0 Å². The molecule has 0 radical (unpaired) electrons. The van der Waals surface area contributed by atoms with Crippen LogP contribution in [0.25, 0.3) is 5.65 Å². The summed E-state index contributed by atoms with van der Waals surface area (Å²) in [5.74, 6) is 1.80. The lowest BCUT2D eigenvalue weighted by Gasteiger charge is -1.86. The Bertz CT molecular complexity index is 733. The summed E-state index contributed by atoms with van der Waals surface area (Å²) in [6.07, 6.45) is 0. The van der Waals surface area contributed by atoms with Gasteiger partial charge in [-0.2, -0.15) is 4.63 Å². The average Bonchev–Trinajstić information content (AvgIpc) is 2.92. The zero-order valence-electron chi connectivity index (χ0n) is 10.2. The van der Waals surface area contributed by atoms with Crippen molar-refractivity contribution in [1.82, 2.24) is 25.0 Å². The van der Waals surface area contributed by atoms with Gasteiger partial charge in [0.15, 0.2) is 5.69 Å². The summed E-state index contributed by atoms with van der Waals surface area (Å²) in [4.78, 5) is 4.27. The van der Waals surface area contributed by atoms with E-state index in [-0.39, 0.29) is 0 Å². The molecular weight excluding hydrogens is 234 g/mol. The van der Waals surface area contributed by atoms with Gasteiger partial charge in [-0.25, -0.2) is 4.98 Å². The van der Waals surface area contributed by atoms with Crippen molar-refractivity contribution in [3.05, 3.63) is 23.3 Å². The first kappa shape index (κ1) is 10.6. The first-order chi connectivity index (χ1) is 8.63. The van der Waals surface area contributed by atoms with E-state index in [0.29, 0.717) is 28.7 Å². The Morgan fingerprint density at radius 2 is 2.11 bits per heavy atom. The second kappa shape index (κ2) is 3.76. The van der Waals surface area contributed by atoms with Crippen LogP contribution in [0, 0.1) is 20.8 Å². The zero-order valence-corrected chi connectivity index (χ0v) is 10.2. The number of nitrogens with zero attached hydrogens (tertiary/aromatic N) is 6. The summed E-state index contributed by atoms with van der Waals surface area (Å²) < 4.78 is 6.49. The van der Waals surface area contributed by atoms with Gasteiger partial charge >= 0.3 is 0 Å². The Morgan fingerprint density at radius 3 is 2.83 bits per heavy atom. The van der Waals surface area contributed by atoms with Gasteiger partial charge < -0.3 is 4.52 Å². The van der Waals surface area contributed by atoms with E-state index in [0.717, 1.165) is 5.69 Å². The molecule has 0 saturated heterocycles. The highest BCUT2D eigenvalue weighted by Gasteiger charge is 2.12. The molecule has 0 unspecified atom stereocenters. The van der Waals surface area contributed by atoms with Crippen LogP contribution in [-0.4, -0.2) is 25.0 Å². The van der Waals surface area contributed by atoms with Crippen molar-refractivity contribution < 1.29 is 4.52 Å². The minimum Gasteiger partial charge on any atom is -0.359 e. The minimum absolute atomic E-state index is 0.433. The Morgan fingerprint density at radius 1 is 1.28 bits per heavy atom. The molecule has 1 N–H and O–H groups in total. The third-order valence-electron chi connectivity index (χ3n) is 2.42. The third-order valence-corrected chi connectivity index (χ3v) is 2.42. The lowest BCUT2D eigenvalue weighted by atomic mass is 10.4. The molecule has 0 fully saturated rings. The molecule has 8 nitrogen and oxygen atoms in total. The van der Waals surface area contributed by atoms with Gasteiger partial charge in [0, 0.05) is 6.07 Å². The van der Waals surface area contributed by atoms with E-state index in [1.807, 2.05) is 13.8 Å². The van der Waals surface area contributed by atoms with Crippen molar-refractivity contribution in [3.8, 4) is 0 Å². The molecule has 0 aliphatic heterocycles. The van der Waals surface area contributed by atoms with Crippen molar-refractivity contribution in [3.63, 3.8) is 0 Å². The van der Waals surface area contributed by atoms with Gasteiger partial charge in [-0.05, 0) is 20.8 Å². The molecule has 3 aromatic rings. The Hall–Kier alpha value is -2.51. The van der Waals surface area contributed by atoms with Gasteiger partial charge in [0.05, 0.1) is 5.69 Å². The second-order valence-electron chi connectivity index (χ2n) is 3.98. The topological polar surface area (TPSA) is 96.7 Å². The van der Waals surface area contributed by atoms with Gasteiger partial charge in [-0.1, -0.05) is 5.16 Å². The molecule has 3 heterocycles. The molecule has 3 aromatic heterocycles. The number of fused-ring (bicyclic) bond motifs is 1. The second-order valence-corrected chi connectivity index (χ2v) is 3.98. The summed E-state index contributed by atoms with van der Waals surface area (Å²) in [5, 5.41) is 19.1. The van der Waals surface area contributed by atoms with Crippen molar-refractivity contribution >= 4 is 17.2 Å². The predicted octanol–water partition coefficient (Wildman–Crippen LogP) is 2.39.